The quantitative estimate of drug-likeness (QED) is 0.698. The average Bonchev–Trinajstić information content (AvgIpc) is 2.47. The van der Waals surface area contributed by atoms with E-state index < -0.39 is 0 Å². The van der Waals surface area contributed by atoms with Crippen LogP contribution in [0.25, 0.3) is 0 Å². The van der Waals surface area contributed by atoms with Crippen LogP contribution >= 0.6 is 11.6 Å². The van der Waals surface area contributed by atoms with Crippen LogP contribution in [-0.2, 0) is 13.5 Å². The number of rotatable bonds is 4. The molecule has 1 heterocycles. The molecule has 0 N–H and O–H groups in total. The van der Waals surface area contributed by atoms with Crippen molar-refractivity contribution < 1.29 is 0 Å². The molecule has 74 valence electrons. The van der Waals surface area contributed by atoms with Gasteiger partial charge in [-0.1, -0.05) is 13.8 Å². The Kier molecular flexibility index (Phi) is 3.72. The highest BCUT2D eigenvalue weighted by Crippen LogP contribution is 2.15. The molecule has 1 aromatic rings. The summed E-state index contributed by atoms with van der Waals surface area (Å²) in [7, 11) is 1.90. The van der Waals surface area contributed by atoms with Gasteiger partial charge in [-0.15, -0.1) is 11.6 Å². The van der Waals surface area contributed by atoms with E-state index >= 15 is 0 Å². The van der Waals surface area contributed by atoms with Crippen LogP contribution in [-0.4, -0.2) is 20.1 Å². The number of nitrogens with zero attached hydrogens (tertiary/aromatic N) is 3. The molecular formula is C9H16ClN3. The highest BCUT2D eigenvalue weighted by Gasteiger charge is 2.10. The van der Waals surface area contributed by atoms with Gasteiger partial charge in [-0.3, -0.25) is 4.68 Å². The fourth-order valence-electron chi connectivity index (χ4n) is 1.15. The van der Waals surface area contributed by atoms with Crippen molar-refractivity contribution >= 4 is 11.6 Å². The van der Waals surface area contributed by atoms with E-state index in [4.69, 9.17) is 11.6 Å². The largest absolute Gasteiger partial charge is 0.253 e. The first kappa shape index (κ1) is 10.5. The molecule has 4 heteroatoms. The molecule has 0 saturated heterocycles. The summed E-state index contributed by atoms with van der Waals surface area (Å²) in [6.45, 7) is 4.27. The Bertz CT molecular complexity index is 257. The number of aryl methyl sites for hydroxylation is 2. The number of hydrogen-bond donors (Lipinski definition) is 0. The van der Waals surface area contributed by atoms with E-state index in [1.807, 2.05) is 7.05 Å². The summed E-state index contributed by atoms with van der Waals surface area (Å²) in [5.74, 6) is 1.53. The highest BCUT2D eigenvalue weighted by atomic mass is 35.5. The van der Waals surface area contributed by atoms with Crippen LogP contribution in [0.1, 0.15) is 26.1 Å². The molecule has 0 aliphatic carbocycles. The lowest BCUT2D eigenvalue weighted by Crippen LogP contribution is -2.10. The van der Waals surface area contributed by atoms with Gasteiger partial charge in [-0.25, -0.2) is 4.98 Å². The molecule has 0 radical (unpaired) electrons. The lowest BCUT2D eigenvalue weighted by atomic mass is 10.1. The first-order valence-corrected chi connectivity index (χ1v) is 5.02. The minimum absolute atomic E-state index is 0.233. The first-order chi connectivity index (χ1) is 6.11. The van der Waals surface area contributed by atoms with Crippen LogP contribution < -0.4 is 0 Å². The van der Waals surface area contributed by atoms with Gasteiger partial charge in [0.05, 0.1) is 0 Å². The lowest BCUT2D eigenvalue weighted by Gasteiger charge is -2.11. The maximum absolute atomic E-state index is 6.13. The minimum atomic E-state index is 0.233. The third kappa shape index (κ3) is 2.99. The van der Waals surface area contributed by atoms with Gasteiger partial charge < -0.3 is 0 Å². The maximum atomic E-state index is 6.13. The molecule has 0 fully saturated rings. The molecule has 0 amide bonds. The minimum Gasteiger partial charge on any atom is -0.253 e. The fourth-order valence-corrected chi connectivity index (χ4v) is 1.26. The number of alkyl halides is 1. The zero-order valence-corrected chi connectivity index (χ0v) is 9.12. The predicted molar refractivity (Wildman–Crippen MR) is 53.8 cm³/mol. The SMILES string of the molecule is CC(C)C(Cl)CCc1ncnn1C. The monoisotopic (exact) mass is 201 g/mol. The van der Waals surface area contributed by atoms with E-state index in [1.165, 1.54) is 0 Å². The molecule has 1 unspecified atom stereocenters. The van der Waals surface area contributed by atoms with Crippen molar-refractivity contribution in [3.05, 3.63) is 12.2 Å². The van der Waals surface area contributed by atoms with Gasteiger partial charge in [0.2, 0.25) is 0 Å². The second-order valence-corrected chi connectivity index (χ2v) is 4.16. The summed E-state index contributed by atoms with van der Waals surface area (Å²) in [5, 5.41) is 4.23. The normalized spacial score (nSPS) is 13.6. The van der Waals surface area contributed by atoms with Crippen LogP contribution in [0.15, 0.2) is 6.33 Å². The molecule has 1 rings (SSSR count). The Morgan fingerprint density at radius 2 is 2.23 bits per heavy atom. The Hall–Kier alpha value is -0.570. The Morgan fingerprint density at radius 3 is 2.69 bits per heavy atom. The summed E-state index contributed by atoms with van der Waals surface area (Å²) < 4.78 is 1.80. The molecule has 3 nitrogen and oxygen atoms in total. The van der Waals surface area contributed by atoms with Gasteiger partial charge in [-0.2, -0.15) is 5.10 Å². The molecular weight excluding hydrogens is 186 g/mol. The van der Waals surface area contributed by atoms with Crippen molar-refractivity contribution in [2.75, 3.05) is 0 Å². The second kappa shape index (κ2) is 4.61. The van der Waals surface area contributed by atoms with Gasteiger partial charge in [0.15, 0.2) is 0 Å². The van der Waals surface area contributed by atoms with Crippen molar-refractivity contribution in [1.82, 2.24) is 14.8 Å². The van der Waals surface area contributed by atoms with E-state index in [2.05, 4.69) is 23.9 Å². The maximum Gasteiger partial charge on any atom is 0.138 e. The van der Waals surface area contributed by atoms with Crippen LogP contribution in [0.3, 0.4) is 0 Å². The number of halogens is 1. The van der Waals surface area contributed by atoms with Crippen LogP contribution in [0.5, 0.6) is 0 Å². The lowest BCUT2D eigenvalue weighted by molar-refractivity contribution is 0.549. The molecule has 1 atom stereocenters. The van der Waals surface area contributed by atoms with Crippen molar-refractivity contribution in [2.45, 2.75) is 32.1 Å². The van der Waals surface area contributed by atoms with E-state index in [0.717, 1.165) is 18.7 Å². The molecule has 0 aliphatic rings. The van der Waals surface area contributed by atoms with Gasteiger partial charge in [-0.05, 0) is 12.3 Å². The Labute approximate surface area is 84.1 Å². The van der Waals surface area contributed by atoms with Crippen molar-refractivity contribution in [3.63, 3.8) is 0 Å². The predicted octanol–water partition coefficient (Wildman–Crippen LogP) is 2.01. The summed E-state index contributed by atoms with van der Waals surface area (Å²) in [4.78, 5) is 4.14. The van der Waals surface area contributed by atoms with E-state index in [0.29, 0.717) is 5.92 Å². The van der Waals surface area contributed by atoms with Gasteiger partial charge in [0.25, 0.3) is 0 Å². The zero-order valence-electron chi connectivity index (χ0n) is 8.37. The zero-order chi connectivity index (χ0) is 9.84. The van der Waals surface area contributed by atoms with Crippen molar-refractivity contribution in [3.8, 4) is 0 Å². The average molecular weight is 202 g/mol. The van der Waals surface area contributed by atoms with Gasteiger partial charge in [0, 0.05) is 18.8 Å². The van der Waals surface area contributed by atoms with Gasteiger partial charge in [0.1, 0.15) is 12.2 Å². The van der Waals surface area contributed by atoms with E-state index in [1.54, 1.807) is 11.0 Å². The Morgan fingerprint density at radius 1 is 1.54 bits per heavy atom. The van der Waals surface area contributed by atoms with Crippen LogP contribution in [0, 0.1) is 5.92 Å². The summed E-state index contributed by atoms with van der Waals surface area (Å²) >= 11 is 6.13. The molecule has 1 aromatic heterocycles. The third-order valence-electron chi connectivity index (χ3n) is 2.17. The molecule has 0 bridgehead atoms. The van der Waals surface area contributed by atoms with Gasteiger partial charge >= 0.3 is 0 Å². The van der Waals surface area contributed by atoms with Crippen LogP contribution in [0.4, 0.5) is 0 Å². The molecule has 0 aliphatic heterocycles. The van der Waals surface area contributed by atoms with Crippen molar-refractivity contribution in [1.29, 1.82) is 0 Å². The summed E-state index contributed by atoms with van der Waals surface area (Å²) in [6, 6.07) is 0. The van der Waals surface area contributed by atoms with Crippen molar-refractivity contribution in [2.24, 2.45) is 13.0 Å². The van der Waals surface area contributed by atoms with Crippen LogP contribution in [0.2, 0.25) is 0 Å². The first-order valence-electron chi connectivity index (χ1n) is 4.58. The smallest absolute Gasteiger partial charge is 0.138 e. The number of aromatic nitrogens is 3. The Balaban J connectivity index is 2.39. The topological polar surface area (TPSA) is 30.7 Å². The molecule has 0 aromatic carbocycles. The summed E-state index contributed by atoms with van der Waals surface area (Å²) in [5.41, 5.74) is 0. The number of hydrogen-bond acceptors (Lipinski definition) is 2. The molecule has 13 heavy (non-hydrogen) atoms. The third-order valence-corrected chi connectivity index (χ3v) is 2.89. The molecule has 0 spiro atoms. The van der Waals surface area contributed by atoms with E-state index in [9.17, 15) is 0 Å². The summed E-state index contributed by atoms with van der Waals surface area (Å²) in [6.07, 6.45) is 3.45. The van der Waals surface area contributed by atoms with E-state index in [-0.39, 0.29) is 5.38 Å². The highest BCUT2D eigenvalue weighted by molar-refractivity contribution is 6.20. The standard InChI is InChI=1S/C9H16ClN3/c1-7(2)8(10)4-5-9-11-6-12-13(9)3/h6-8H,4-5H2,1-3H3. The second-order valence-electron chi connectivity index (χ2n) is 3.60. The molecule has 0 saturated carbocycles. The fraction of sp³-hybridized carbons (Fsp3) is 0.778.